The first-order chi connectivity index (χ1) is 8.33. The summed E-state index contributed by atoms with van der Waals surface area (Å²) in [7, 11) is 3.27. The Balaban J connectivity index is 2.06. The van der Waals surface area contributed by atoms with Crippen molar-refractivity contribution < 1.29 is 9.47 Å². The maximum Gasteiger partial charge on any atom is 0.160 e. The number of nitrogens with zero attached hydrogens (tertiary/aromatic N) is 3. The van der Waals surface area contributed by atoms with Crippen LogP contribution < -0.4 is 9.47 Å². The highest BCUT2D eigenvalue weighted by Crippen LogP contribution is 2.27. The van der Waals surface area contributed by atoms with Gasteiger partial charge in [-0.3, -0.25) is 0 Å². The molecule has 17 heavy (non-hydrogen) atoms. The molecule has 0 atom stereocenters. The van der Waals surface area contributed by atoms with E-state index in [0.29, 0.717) is 0 Å². The van der Waals surface area contributed by atoms with Crippen LogP contribution in [0.1, 0.15) is 5.56 Å². The van der Waals surface area contributed by atoms with Crippen molar-refractivity contribution in [3.63, 3.8) is 0 Å². The molecule has 0 radical (unpaired) electrons. The fourth-order valence-electron chi connectivity index (χ4n) is 1.63. The smallest absolute Gasteiger partial charge is 0.160 e. The zero-order valence-electron chi connectivity index (χ0n) is 9.96. The van der Waals surface area contributed by atoms with E-state index in [1.54, 1.807) is 26.9 Å². The lowest BCUT2D eigenvalue weighted by molar-refractivity contribution is 0.354. The third-order valence-electron chi connectivity index (χ3n) is 2.57. The number of aromatic nitrogens is 3. The molecule has 0 amide bonds. The largest absolute Gasteiger partial charge is 0.493 e. The monoisotopic (exact) mass is 233 g/mol. The summed E-state index contributed by atoms with van der Waals surface area (Å²) in [6.07, 6.45) is 4.32. The van der Waals surface area contributed by atoms with Gasteiger partial charge in [0.1, 0.15) is 12.7 Å². The Morgan fingerprint density at radius 1 is 1.06 bits per heavy atom. The van der Waals surface area contributed by atoms with E-state index < -0.39 is 0 Å². The molecule has 0 saturated carbocycles. The van der Waals surface area contributed by atoms with Crippen molar-refractivity contribution in [3.8, 4) is 11.5 Å². The van der Waals surface area contributed by atoms with Crippen molar-refractivity contribution >= 4 is 0 Å². The fourth-order valence-corrected chi connectivity index (χ4v) is 1.63. The van der Waals surface area contributed by atoms with Crippen molar-refractivity contribution in [3.05, 3.63) is 36.4 Å². The van der Waals surface area contributed by atoms with Gasteiger partial charge in [-0.05, 0) is 24.1 Å². The Hall–Kier alpha value is -2.04. The van der Waals surface area contributed by atoms with Crippen LogP contribution in [0.3, 0.4) is 0 Å². The van der Waals surface area contributed by atoms with Gasteiger partial charge < -0.3 is 14.0 Å². The summed E-state index contributed by atoms with van der Waals surface area (Å²) < 4.78 is 12.4. The zero-order valence-corrected chi connectivity index (χ0v) is 9.96. The molecular weight excluding hydrogens is 218 g/mol. The minimum atomic E-state index is 0.751. The molecule has 0 N–H and O–H groups in total. The normalized spacial score (nSPS) is 10.2. The Bertz CT molecular complexity index is 469. The summed E-state index contributed by atoms with van der Waals surface area (Å²) in [6, 6.07) is 5.94. The van der Waals surface area contributed by atoms with E-state index in [-0.39, 0.29) is 0 Å². The third-order valence-corrected chi connectivity index (χ3v) is 2.57. The summed E-state index contributed by atoms with van der Waals surface area (Å²) in [4.78, 5) is 0. The van der Waals surface area contributed by atoms with Crippen molar-refractivity contribution in [1.29, 1.82) is 0 Å². The van der Waals surface area contributed by atoms with E-state index in [9.17, 15) is 0 Å². The minimum absolute atomic E-state index is 0.751. The zero-order chi connectivity index (χ0) is 12.1. The van der Waals surface area contributed by atoms with Crippen LogP contribution in [-0.4, -0.2) is 29.0 Å². The summed E-state index contributed by atoms with van der Waals surface area (Å²) in [5.41, 5.74) is 1.19. The molecule has 0 bridgehead atoms. The lowest BCUT2D eigenvalue weighted by Gasteiger charge is -2.09. The molecule has 5 nitrogen and oxygen atoms in total. The number of hydrogen-bond donors (Lipinski definition) is 0. The number of rotatable bonds is 5. The second-order valence-electron chi connectivity index (χ2n) is 3.64. The Morgan fingerprint density at radius 2 is 1.76 bits per heavy atom. The van der Waals surface area contributed by atoms with Gasteiger partial charge in [0.25, 0.3) is 0 Å². The summed E-state index contributed by atoms with van der Waals surface area (Å²) >= 11 is 0. The number of hydrogen-bond acceptors (Lipinski definition) is 4. The Kier molecular flexibility index (Phi) is 3.59. The van der Waals surface area contributed by atoms with Crippen molar-refractivity contribution in [2.24, 2.45) is 0 Å². The Labute approximate surface area is 100 Å². The third kappa shape index (κ3) is 2.75. The molecule has 90 valence electrons. The first-order valence-electron chi connectivity index (χ1n) is 5.37. The molecule has 1 aromatic carbocycles. The second kappa shape index (κ2) is 5.34. The van der Waals surface area contributed by atoms with E-state index in [4.69, 9.17) is 9.47 Å². The molecule has 1 heterocycles. The molecule has 2 aromatic rings. The topological polar surface area (TPSA) is 49.2 Å². The number of methoxy groups -OCH3 is 2. The molecule has 0 aliphatic heterocycles. The molecule has 5 heteroatoms. The number of aryl methyl sites for hydroxylation is 2. The molecule has 1 aromatic heterocycles. The average molecular weight is 233 g/mol. The molecule has 0 saturated heterocycles. The summed E-state index contributed by atoms with van der Waals surface area (Å²) in [6.45, 7) is 0.850. The molecule has 0 aliphatic carbocycles. The molecule has 0 aliphatic rings. The van der Waals surface area contributed by atoms with Crippen LogP contribution in [0.15, 0.2) is 30.9 Å². The van der Waals surface area contributed by atoms with Crippen molar-refractivity contribution in [1.82, 2.24) is 14.8 Å². The molecule has 0 fully saturated rings. The van der Waals surface area contributed by atoms with Gasteiger partial charge in [0.05, 0.1) is 14.2 Å². The summed E-state index contributed by atoms with van der Waals surface area (Å²) in [5.74, 6) is 1.51. The van der Waals surface area contributed by atoms with Gasteiger partial charge in [-0.25, -0.2) is 0 Å². The second-order valence-corrected chi connectivity index (χ2v) is 3.64. The van der Waals surface area contributed by atoms with Gasteiger partial charge >= 0.3 is 0 Å². The number of benzene rings is 1. The van der Waals surface area contributed by atoms with E-state index in [1.807, 2.05) is 22.8 Å². The predicted octanol–water partition coefficient (Wildman–Crippen LogP) is 1.54. The number of ether oxygens (including phenoxy) is 2. The summed E-state index contributed by atoms with van der Waals surface area (Å²) in [5, 5.41) is 7.53. The molecule has 0 spiro atoms. The van der Waals surface area contributed by atoms with Crippen LogP contribution in [-0.2, 0) is 13.0 Å². The minimum Gasteiger partial charge on any atom is -0.493 e. The van der Waals surface area contributed by atoms with Crippen LogP contribution in [0.5, 0.6) is 11.5 Å². The van der Waals surface area contributed by atoms with Crippen LogP contribution in [0.2, 0.25) is 0 Å². The van der Waals surface area contributed by atoms with Crippen LogP contribution in [0.25, 0.3) is 0 Å². The molecular formula is C12H15N3O2. The van der Waals surface area contributed by atoms with Gasteiger partial charge in [-0.1, -0.05) is 6.07 Å². The quantitative estimate of drug-likeness (QED) is 0.786. The first-order valence-corrected chi connectivity index (χ1v) is 5.37. The highest BCUT2D eigenvalue weighted by Gasteiger charge is 2.04. The van der Waals surface area contributed by atoms with Gasteiger partial charge in [0, 0.05) is 6.54 Å². The molecule has 0 unspecified atom stereocenters. The fraction of sp³-hybridized carbons (Fsp3) is 0.333. The van der Waals surface area contributed by atoms with Crippen molar-refractivity contribution in [2.45, 2.75) is 13.0 Å². The maximum absolute atomic E-state index is 5.26. The van der Waals surface area contributed by atoms with Crippen LogP contribution >= 0.6 is 0 Å². The van der Waals surface area contributed by atoms with E-state index >= 15 is 0 Å². The lowest BCUT2D eigenvalue weighted by Crippen LogP contribution is -1.99. The van der Waals surface area contributed by atoms with Gasteiger partial charge in [0.2, 0.25) is 0 Å². The van der Waals surface area contributed by atoms with E-state index in [2.05, 4.69) is 10.2 Å². The Morgan fingerprint density at radius 3 is 2.41 bits per heavy atom. The van der Waals surface area contributed by atoms with Crippen LogP contribution in [0, 0.1) is 0 Å². The highest BCUT2D eigenvalue weighted by atomic mass is 16.5. The lowest BCUT2D eigenvalue weighted by atomic mass is 10.1. The standard InChI is InChI=1S/C12H15N3O2/c1-16-11-4-3-10(7-12(11)17-2)5-6-15-8-13-14-9-15/h3-4,7-9H,5-6H2,1-2H3. The SMILES string of the molecule is COc1ccc(CCn2cnnc2)cc1OC. The van der Waals surface area contributed by atoms with E-state index in [1.165, 1.54) is 5.56 Å². The maximum atomic E-state index is 5.26. The predicted molar refractivity (Wildman–Crippen MR) is 63.3 cm³/mol. The van der Waals surface area contributed by atoms with E-state index in [0.717, 1.165) is 24.5 Å². The van der Waals surface area contributed by atoms with Crippen LogP contribution in [0.4, 0.5) is 0 Å². The van der Waals surface area contributed by atoms with Gasteiger partial charge in [0.15, 0.2) is 11.5 Å². The molecule has 2 rings (SSSR count). The van der Waals surface area contributed by atoms with Gasteiger partial charge in [-0.2, -0.15) is 0 Å². The van der Waals surface area contributed by atoms with Crippen molar-refractivity contribution in [2.75, 3.05) is 14.2 Å². The highest BCUT2D eigenvalue weighted by molar-refractivity contribution is 5.42. The first kappa shape index (κ1) is 11.4. The average Bonchev–Trinajstić information content (AvgIpc) is 2.89. The van der Waals surface area contributed by atoms with Gasteiger partial charge in [-0.15, -0.1) is 10.2 Å².